The molecule has 0 spiro atoms. The Labute approximate surface area is 60.4 Å². The molecule has 0 saturated carbocycles. The summed E-state index contributed by atoms with van der Waals surface area (Å²) in [5, 5.41) is 9.59. The third-order valence-corrected chi connectivity index (χ3v) is 0.585. The molecule has 0 unspecified atom stereocenters. The predicted octanol–water partition coefficient (Wildman–Crippen LogP) is -4.52. The van der Waals surface area contributed by atoms with E-state index in [2.05, 4.69) is 0 Å². The quantitative estimate of drug-likeness (QED) is 0.371. The second-order valence-electron chi connectivity index (χ2n) is 1.26. The van der Waals surface area contributed by atoms with Crippen molar-refractivity contribution in [3.05, 3.63) is 0 Å². The number of hydrogen-bond acceptors (Lipinski definition) is 3. The summed E-state index contributed by atoms with van der Waals surface area (Å²) in [6.45, 7) is 0.425. The monoisotopic (exact) mass is 109 g/mol. The average Bonchev–Trinajstić information content (AvgIpc) is 1.61. The van der Waals surface area contributed by atoms with Crippen LogP contribution >= 0.6 is 0 Å². The van der Waals surface area contributed by atoms with Gasteiger partial charge in [0.15, 0.2) is 0 Å². The molecule has 0 atom stereocenters. The first-order valence-corrected chi connectivity index (χ1v) is 2.17. The summed E-state index contributed by atoms with van der Waals surface area (Å²) < 4.78 is 0. The molecule has 0 aromatic heterocycles. The molecule has 0 aliphatic heterocycles. The van der Waals surface area contributed by atoms with Gasteiger partial charge < -0.3 is 15.6 Å². The van der Waals surface area contributed by atoms with Crippen LogP contribution in [0.1, 0.15) is 12.8 Å². The number of carboxylic acid groups (broad SMARTS) is 1. The molecular formula is C4H8LiNO2. The van der Waals surface area contributed by atoms with E-state index in [1.807, 2.05) is 0 Å². The van der Waals surface area contributed by atoms with Gasteiger partial charge in [-0.3, -0.25) is 0 Å². The molecule has 0 radical (unpaired) electrons. The molecular weight excluding hydrogens is 101 g/mol. The minimum absolute atomic E-state index is 0. The van der Waals surface area contributed by atoms with Crippen molar-refractivity contribution in [3.8, 4) is 0 Å². The summed E-state index contributed by atoms with van der Waals surface area (Å²) in [7, 11) is 0. The fraction of sp³-hybridized carbons (Fsp3) is 0.750. The Bertz CT molecular complexity index is 67.1. The molecule has 0 aliphatic carbocycles. The topological polar surface area (TPSA) is 66.2 Å². The van der Waals surface area contributed by atoms with Crippen LogP contribution in [-0.2, 0) is 4.79 Å². The molecule has 0 amide bonds. The van der Waals surface area contributed by atoms with Crippen molar-refractivity contribution in [3.63, 3.8) is 0 Å². The van der Waals surface area contributed by atoms with E-state index in [0.717, 1.165) is 0 Å². The summed E-state index contributed by atoms with van der Waals surface area (Å²) >= 11 is 0. The van der Waals surface area contributed by atoms with Crippen LogP contribution in [0.4, 0.5) is 0 Å². The zero-order valence-corrected chi connectivity index (χ0v) is 5.02. The molecule has 0 fully saturated rings. The van der Waals surface area contributed by atoms with Gasteiger partial charge in [0.25, 0.3) is 0 Å². The van der Waals surface area contributed by atoms with E-state index in [1.165, 1.54) is 0 Å². The Morgan fingerprint density at radius 1 is 1.62 bits per heavy atom. The van der Waals surface area contributed by atoms with Crippen LogP contribution in [0.3, 0.4) is 0 Å². The summed E-state index contributed by atoms with van der Waals surface area (Å²) in [4.78, 5) is 9.59. The Kier molecular flexibility index (Phi) is 9.59. The van der Waals surface area contributed by atoms with Crippen LogP contribution in [0.5, 0.6) is 0 Å². The van der Waals surface area contributed by atoms with Crippen molar-refractivity contribution in [1.82, 2.24) is 0 Å². The predicted molar refractivity (Wildman–Crippen MR) is 23.3 cm³/mol. The van der Waals surface area contributed by atoms with Gasteiger partial charge in [0, 0.05) is 5.97 Å². The van der Waals surface area contributed by atoms with E-state index in [9.17, 15) is 9.90 Å². The number of carbonyl (C=O) groups excluding carboxylic acids is 1. The van der Waals surface area contributed by atoms with Gasteiger partial charge in [-0.25, -0.2) is 0 Å². The summed E-state index contributed by atoms with van der Waals surface area (Å²) in [5.41, 5.74) is 4.99. The Morgan fingerprint density at radius 2 is 2.12 bits per heavy atom. The van der Waals surface area contributed by atoms with E-state index in [0.29, 0.717) is 13.0 Å². The van der Waals surface area contributed by atoms with Gasteiger partial charge in [-0.15, -0.1) is 0 Å². The van der Waals surface area contributed by atoms with Crippen LogP contribution in [0.15, 0.2) is 0 Å². The van der Waals surface area contributed by atoms with Gasteiger partial charge in [0.2, 0.25) is 0 Å². The van der Waals surface area contributed by atoms with Crippen molar-refractivity contribution in [2.45, 2.75) is 12.8 Å². The van der Waals surface area contributed by atoms with E-state index in [1.54, 1.807) is 0 Å². The van der Waals surface area contributed by atoms with Crippen LogP contribution < -0.4 is 29.7 Å². The number of carboxylic acids is 1. The fourth-order valence-corrected chi connectivity index (χ4v) is 0.246. The number of hydrogen-bond donors (Lipinski definition) is 1. The van der Waals surface area contributed by atoms with Crippen LogP contribution in [0, 0.1) is 0 Å². The minimum Gasteiger partial charge on any atom is -0.550 e. The molecule has 2 N–H and O–H groups in total. The first-order valence-electron chi connectivity index (χ1n) is 2.17. The largest absolute Gasteiger partial charge is 1.00 e. The summed E-state index contributed by atoms with van der Waals surface area (Å²) in [5.74, 6) is -1.02. The molecule has 0 bridgehead atoms. The summed E-state index contributed by atoms with van der Waals surface area (Å²) in [6.07, 6.45) is 0.596. The maximum Gasteiger partial charge on any atom is 1.00 e. The van der Waals surface area contributed by atoms with Gasteiger partial charge in [-0.2, -0.15) is 0 Å². The first-order chi connectivity index (χ1) is 3.27. The van der Waals surface area contributed by atoms with Gasteiger partial charge in [-0.1, -0.05) is 0 Å². The molecule has 0 heterocycles. The van der Waals surface area contributed by atoms with Crippen LogP contribution in [0.25, 0.3) is 0 Å². The van der Waals surface area contributed by atoms with Gasteiger partial charge >= 0.3 is 18.9 Å². The van der Waals surface area contributed by atoms with Gasteiger partial charge in [0.1, 0.15) is 0 Å². The number of rotatable bonds is 3. The van der Waals surface area contributed by atoms with Gasteiger partial charge in [0.05, 0.1) is 0 Å². The second kappa shape index (κ2) is 7.03. The zero-order valence-electron chi connectivity index (χ0n) is 5.02. The Balaban J connectivity index is 0. The molecule has 0 aromatic rings. The molecule has 0 aromatic carbocycles. The number of nitrogens with two attached hydrogens (primary N) is 1. The van der Waals surface area contributed by atoms with E-state index < -0.39 is 5.97 Å². The van der Waals surface area contributed by atoms with Crippen LogP contribution in [0.2, 0.25) is 0 Å². The first kappa shape index (κ1) is 10.9. The summed E-state index contributed by atoms with van der Waals surface area (Å²) in [6, 6.07) is 0. The third-order valence-electron chi connectivity index (χ3n) is 0.585. The SMILES string of the molecule is NCCCC(=O)[O-].[Li+]. The Hall–Kier alpha value is 0.0274. The minimum atomic E-state index is -1.02. The average molecular weight is 109 g/mol. The smallest absolute Gasteiger partial charge is 0.550 e. The molecule has 42 valence electrons. The van der Waals surface area contributed by atoms with Crippen LogP contribution in [-0.4, -0.2) is 12.5 Å². The van der Waals surface area contributed by atoms with Gasteiger partial charge in [-0.05, 0) is 19.4 Å². The molecule has 0 saturated heterocycles. The van der Waals surface area contributed by atoms with E-state index >= 15 is 0 Å². The van der Waals surface area contributed by atoms with Crippen molar-refractivity contribution >= 4 is 5.97 Å². The maximum atomic E-state index is 9.59. The van der Waals surface area contributed by atoms with Crippen molar-refractivity contribution < 1.29 is 28.8 Å². The zero-order chi connectivity index (χ0) is 5.70. The second-order valence-corrected chi connectivity index (χ2v) is 1.26. The molecule has 4 heteroatoms. The molecule has 3 nitrogen and oxygen atoms in total. The van der Waals surface area contributed by atoms with Crippen molar-refractivity contribution in [1.29, 1.82) is 0 Å². The maximum absolute atomic E-state index is 9.59. The fourth-order valence-electron chi connectivity index (χ4n) is 0.246. The number of carbonyl (C=O) groups is 1. The third kappa shape index (κ3) is 9.39. The normalized spacial score (nSPS) is 7.62. The van der Waals surface area contributed by atoms with Crippen molar-refractivity contribution in [2.75, 3.05) is 6.54 Å². The number of aliphatic carboxylic acids is 1. The van der Waals surface area contributed by atoms with Crippen molar-refractivity contribution in [2.24, 2.45) is 5.73 Å². The molecule has 8 heavy (non-hydrogen) atoms. The molecule has 0 aliphatic rings. The Morgan fingerprint density at radius 3 is 2.25 bits per heavy atom. The molecule has 0 rings (SSSR count). The van der Waals surface area contributed by atoms with E-state index in [4.69, 9.17) is 5.73 Å². The van der Waals surface area contributed by atoms with E-state index in [-0.39, 0.29) is 25.3 Å². The standard InChI is InChI=1S/C4H9NO2.Li/c5-3-1-2-4(6)7;/h1-3,5H2,(H,6,7);/q;+1/p-1.